The lowest BCUT2D eigenvalue weighted by Crippen LogP contribution is -2.07. The van der Waals surface area contributed by atoms with E-state index in [1.165, 1.54) is 42.1 Å². The predicted molar refractivity (Wildman–Crippen MR) is 137 cm³/mol. The number of anilines is 1. The second kappa shape index (κ2) is 12.7. The lowest BCUT2D eigenvalue weighted by atomic mass is 9.89. The molecule has 3 rings (SSSR count). The number of carbonyl (C=O) groups excluding carboxylic acids is 1. The summed E-state index contributed by atoms with van der Waals surface area (Å²) in [7, 11) is 0. The van der Waals surface area contributed by atoms with E-state index in [0.29, 0.717) is 23.5 Å². The van der Waals surface area contributed by atoms with Crippen molar-refractivity contribution in [1.29, 1.82) is 10.5 Å². The van der Waals surface area contributed by atoms with Gasteiger partial charge in [-0.3, -0.25) is 14.9 Å². The van der Waals surface area contributed by atoms with Crippen molar-refractivity contribution in [3.8, 4) is 17.8 Å². The number of aromatic nitrogens is 2. The second-order valence-corrected chi connectivity index (χ2v) is 8.39. The van der Waals surface area contributed by atoms with Crippen LogP contribution in [-0.2, 0) is 4.79 Å². The minimum Gasteiger partial charge on any atom is -0.324 e. The maximum Gasteiger partial charge on any atom is 0.269 e. The summed E-state index contributed by atoms with van der Waals surface area (Å²) >= 11 is 0. The number of nitro groups is 1. The summed E-state index contributed by atoms with van der Waals surface area (Å²) in [5, 5.41) is 44.9. The van der Waals surface area contributed by atoms with E-state index in [-0.39, 0.29) is 28.9 Å². The summed E-state index contributed by atoms with van der Waals surface area (Å²) in [6.45, 7) is 3.52. The zero-order valence-corrected chi connectivity index (χ0v) is 20.6. The molecule has 1 N–H and O–H groups in total. The Morgan fingerprint density at radius 1 is 1.19 bits per heavy atom. The van der Waals surface area contributed by atoms with Crippen molar-refractivity contribution in [2.75, 3.05) is 5.32 Å². The number of nitro benzene ring substituents is 1. The molecule has 3 aromatic rings. The van der Waals surface area contributed by atoms with Gasteiger partial charge < -0.3 is 5.32 Å². The minimum atomic E-state index is -0.499. The van der Waals surface area contributed by atoms with Gasteiger partial charge >= 0.3 is 0 Å². The quantitative estimate of drug-likeness (QED) is 0.178. The van der Waals surface area contributed by atoms with Crippen LogP contribution >= 0.6 is 0 Å². The third-order valence-electron chi connectivity index (χ3n) is 5.71. The third-order valence-corrected chi connectivity index (χ3v) is 5.71. The molecular formula is C26H26N8O3. The van der Waals surface area contributed by atoms with Crippen molar-refractivity contribution in [3.63, 3.8) is 0 Å². The molecule has 2 aromatic carbocycles. The van der Waals surface area contributed by atoms with E-state index in [4.69, 9.17) is 5.26 Å². The predicted octanol–water partition coefficient (Wildman–Crippen LogP) is 6.60. The monoisotopic (exact) mass is 498 g/mol. The Morgan fingerprint density at radius 3 is 2.57 bits per heavy atom. The molecule has 1 atom stereocenters. The van der Waals surface area contributed by atoms with Gasteiger partial charge in [0.05, 0.1) is 28.6 Å². The number of azo groups is 1. The van der Waals surface area contributed by atoms with E-state index in [1.54, 1.807) is 6.07 Å². The third kappa shape index (κ3) is 7.05. The number of nitrogens with one attached hydrogen (secondary N) is 1. The Balaban J connectivity index is 1.93. The largest absolute Gasteiger partial charge is 0.324 e. The lowest BCUT2D eigenvalue weighted by molar-refractivity contribution is -0.384. The topological polar surface area (TPSA) is 162 Å². The summed E-state index contributed by atoms with van der Waals surface area (Å²) < 4.78 is 1.39. The summed E-state index contributed by atoms with van der Waals surface area (Å²) in [6.07, 6.45) is 5.64. The number of non-ortho nitro benzene ring substituents is 1. The van der Waals surface area contributed by atoms with Crippen LogP contribution in [0.5, 0.6) is 0 Å². The van der Waals surface area contributed by atoms with Crippen LogP contribution in [0.25, 0.3) is 5.69 Å². The summed E-state index contributed by atoms with van der Waals surface area (Å²) in [6, 6.07) is 15.5. The van der Waals surface area contributed by atoms with Crippen LogP contribution in [0, 0.1) is 32.8 Å². The average molecular weight is 499 g/mol. The molecular weight excluding hydrogens is 472 g/mol. The van der Waals surface area contributed by atoms with Crippen LogP contribution in [0.1, 0.15) is 63.0 Å². The molecule has 0 fully saturated rings. The number of amides is 1. The highest BCUT2D eigenvalue weighted by Gasteiger charge is 2.15. The minimum absolute atomic E-state index is 0.0603. The molecule has 37 heavy (non-hydrogen) atoms. The maximum absolute atomic E-state index is 11.9. The average Bonchev–Trinajstić information content (AvgIpc) is 3.31. The van der Waals surface area contributed by atoms with Crippen molar-refractivity contribution in [2.24, 2.45) is 10.2 Å². The molecule has 188 valence electrons. The van der Waals surface area contributed by atoms with Crippen LogP contribution in [0.4, 0.5) is 22.9 Å². The number of nitriles is 2. The van der Waals surface area contributed by atoms with Gasteiger partial charge in [-0.25, -0.2) is 4.68 Å². The van der Waals surface area contributed by atoms with Crippen LogP contribution in [0.15, 0.2) is 58.9 Å². The van der Waals surface area contributed by atoms with Crippen LogP contribution in [0.3, 0.4) is 0 Å². The Kier molecular flexibility index (Phi) is 9.17. The van der Waals surface area contributed by atoms with E-state index in [0.717, 1.165) is 31.2 Å². The number of hydrogen-bond donors (Lipinski definition) is 1. The molecule has 0 aliphatic heterocycles. The first-order valence-corrected chi connectivity index (χ1v) is 11.8. The van der Waals surface area contributed by atoms with Crippen LogP contribution < -0.4 is 5.32 Å². The molecule has 0 saturated carbocycles. The van der Waals surface area contributed by atoms with E-state index in [1.807, 2.05) is 18.2 Å². The number of rotatable bonds is 11. The van der Waals surface area contributed by atoms with Gasteiger partial charge in [-0.2, -0.15) is 10.5 Å². The molecule has 1 aromatic heterocycles. The van der Waals surface area contributed by atoms with Crippen molar-refractivity contribution in [1.82, 2.24) is 9.78 Å². The van der Waals surface area contributed by atoms with E-state index in [9.17, 15) is 20.2 Å². The highest BCUT2D eigenvalue weighted by molar-refractivity contribution is 5.92. The molecule has 1 heterocycles. The Bertz CT molecular complexity index is 1380. The van der Waals surface area contributed by atoms with Gasteiger partial charge in [0.15, 0.2) is 0 Å². The van der Waals surface area contributed by atoms with Gasteiger partial charge in [0.25, 0.3) is 5.69 Å². The molecule has 1 amide bonds. The van der Waals surface area contributed by atoms with E-state index in [2.05, 4.69) is 33.6 Å². The fourth-order valence-electron chi connectivity index (χ4n) is 3.83. The van der Waals surface area contributed by atoms with Crippen molar-refractivity contribution in [3.05, 3.63) is 69.9 Å². The second-order valence-electron chi connectivity index (χ2n) is 8.39. The van der Waals surface area contributed by atoms with Gasteiger partial charge in [-0.15, -0.1) is 15.3 Å². The smallest absolute Gasteiger partial charge is 0.269 e. The Labute approximate surface area is 214 Å². The lowest BCUT2D eigenvalue weighted by Gasteiger charge is -2.17. The standard InChI is InChI=1S/C26H26N8O3/c1-3-4-6-19(7-5-14-27)20-8-13-24(25(15-20)29-18(2)35)30-31-26-21(16-28)17-33(32-26)22-9-11-23(12-10-22)34(36)37/h8-13,15,17,19H,3-7H2,1-2H3,(H,29,35). The van der Waals surface area contributed by atoms with Crippen LogP contribution in [0.2, 0.25) is 0 Å². The first-order chi connectivity index (χ1) is 17.9. The first-order valence-electron chi connectivity index (χ1n) is 11.8. The molecule has 0 bridgehead atoms. The molecule has 0 radical (unpaired) electrons. The number of nitrogens with zero attached hydrogens (tertiary/aromatic N) is 7. The maximum atomic E-state index is 11.9. The molecule has 0 aliphatic rings. The fourth-order valence-corrected chi connectivity index (χ4v) is 3.83. The van der Waals surface area contributed by atoms with Crippen LogP contribution in [-0.4, -0.2) is 20.6 Å². The van der Waals surface area contributed by atoms with Gasteiger partial charge in [0, 0.05) is 25.5 Å². The van der Waals surface area contributed by atoms with E-state index < -0.39 is 4.92 Å². The summed E-state index contributed by atoms with van der Waals surface area (Å²) in [4.78, 5) is 22.3. The number of unbranched alkanes of at least 4 members (excludes halogenated alkanes) is 1. The van der Waals surface area contributed by atoms with Crippen molar-refractivity contribution >= 4 is 28.8 Å². The van der Waals surface area contributed by atoms with Gasteiger partial charge in [0.2, 0.25) is 11.7 Å². The highest BCUT2D eigenvalue weighted by Crippen LogP contribution is 2.34. The van der Waals surface area contributed by atoms with Crippen molar-refractivity contribution in [2.45, 2.75) is 51.9 Å². The first kappa shape index (κ1) is 26.7. The number of benzene rings is 2. The number of carbonyl (C=O) groups is 1. The fraction of sp³-hybridized carbons (Fsp3) is 0.308. The molecule has 1 unspecified atom stereocenters. The number of hydrogen-bond acceptors (Lipinski definition) is 8. The Hall–Kier alpha value is -4.90. The highest BCUT2D eigenvalue weighted by atomic mass is 16.6. The SMILES string of the molecule is CCCCC(CCC#N)c1ccc(N=Nc2nn(-c3ccc([N+](=O)[O-])cc3)cc2C#N)c(NC(C)=O)c1. The van der Waals surface area contributed by atoms with Gasteiger partial charge in [0.1, 0.15) is 17.3 Å². The summed E-state index contributed by atoms with van der Waals surface area (Å²) in [5.41, 5.74) is 2.49. The van der Waals surface area contributed by atoms with Gasteiger partial charge in [-0.05, 0) is 48.6 Å². The molecule has 11 heteroatoms. The molecule has 11 nitrogen and oxygen atoms in total. The van der Waals surface area contributed by atoms with E-state index >= 15 is 0 Å². The summed E-state index contributed by atoms with van der Waals surface area (Å²) in [5.74, 6) is -0.0230. The van der Waals surface area contributed by atoms with Crippen molar-refractivity contribution < 1.29 is 9.72 Å². The molecule has 0 saturated heterocycles. The normalized spacial score (nSPS) is 11.6. The Morgan fingerprint density at radius 2 is 1.95 bits per heavy atom. The zero-order chi connectivity index (χ0) is 26.8. The van der Waals surface area contributed by atoms with Gasteiger partial charge in [-0.1, -0.05) is 25.8 Å². The zero-order valence-electron chi connectivity index (χ0n) is 20.6. The molecule has 0 aliphatic carbocycles. The molecule has 0 spiro atoms.